The minimum Gasteiger partial charge on any atom is -0.445 e. The molecule has 0 heterocycles. The second-order valence-electron chi connectivity index (χ2n) is 2.45. The molecule has 1 aromatic carbocycles. The van der Waals surface area contributed by atoms with E-state index >= 15 is 0 Å². The van der Waals surface area contributed by atoms with Gasteiger partial charge in [-0.05, 0) is 40.3 Å². The van der Waals surface area contributed by atoms with Crippen molar-refractivity contribution in [3.63, 3.8) is 0 Å². The van der Waals surface area contributed by atoms with Crippen molar-refractivity contribution in [2.45, 2.75) is 6.61 Å². The zero-order chi connectivity index (χ0) is 9.68. The summed E-state index contributed by atoms with van der Waals surface area (Å²) < 4.78 is 6.03. The molecule has 1 aromatic rings. The van der Waals surface area contributed by atoms with E-state index in [-0.39, 0.29) is 0 Å². The molecule has 0 saturated carbocycles. The molecule has 0 aliphatic heterocycles. The van der Waals surface area contributed by atoms with Crippen molar-refractivity contribution in [1.82, 2.24) is 5.32 Å². The molecule has 0 saturated heterocycles. The van der Waals surface area contributed by atoms with E-state index in [0.29, 0.717) is 6.61 Å². The average Bonchev–Trinajstić information content (AvgIpc) is 2.16. The SMILES string of the molecule is CNC(=O)OCc1ccc(I)cc1. The van der Waals surface area contributed by atoms with Crippen LogP contribution in [-0.2, 0) is 11.3 Å². The molecule has 1 amide bonds. The number of benzene rings is 1. The first-order chi connectivity index (χ1) is 6.22. The van der Waals surface area contributed by atoms with Crippen LogP contribution in [0.4, 0.5) is 4.79 Å². The van der Waals surface area contributed by atoms with E-state index < -0.39 is 6.09 Å². The Morgan fingerprint density at radius 1 is 1.46 bits per heavy atom. The Morgan fingerprint density at radius 2 is 2.08 bits per heavy atom. The summed E-state index contributed by atoms with van der Waals surface area (Å²) >= 11 is 2.23. The van der Waals surface area contributed by atoms with E-state index in [2.05, 4.69) is 27.9 Å². The highest BCUT2D eigenvalue weighted by molar-refractivity contribution is 14.1. The molecular weight excluding hydrogens is 281 g/mol. The highest BCUT2D eigenvalue weighted by Crippen LogP contribution is 2.07. The zero-order valence-corrected chi connectivity index (χ0v) is 9.37. The van der Waals surface area contributed by atoms with Crippen molar-refractivity contribution in [2.75, 3.05) is 7.05 Å². The molecule has 0 aromatic heterocycles. The van der Waals surface area contributed by atoms with Gasteiger partial charge in [0.2, 0.25) is 0 Å². The molecule has 1 rings (SSSR count). The summed E-state index contributed by atoms with van der Waals surface area (Å²) in [5.41, 5.74) is 0.990. The first-order valence-corrected chi connectivity index (χ1v) is 4.89. The summed E-state index contributed by atoms with van der Waals surface area (Å²) in [7, 11) is 1.54. The van der Waals surface area contributed by atoms with Gasteiger partial charge in [-0.25, -0.2) is 4.79 Å². The topological polar surface area (TPSA) is 38.3 Å². The van der Waals surface area contributed by atoms with Crippen LogP contribution in [0.5, 0.6) is 0 Å². The predicted octanol–water partition coefficient (Wildman–Crippen LogP) is 2.15. The van der Waals surface area contributed by atoms with Crippen LogP contribution in [0.2, 0.25) is 0 Å². The lowest BCUT2D eigenvalue weighted by atomic mass is 10.2. The maximum absolute atomic E-state index is 10.7. The third-order valence-electron chi connectivity index (χ3n) is 1.49. The number of nitrogens with one attached hydrogen (secondary N) is 1. The fourth-order valence-corrected chi connectivity index (χ4v) is 1.16. The number of ether oxygens (including phenoxy) is 1. The van der Waals surface area contributed by atoms with Crippen molar-refractivity contribution in [1.29, 1.82) is 0 Å². The first-order valence-electron chi connectivity index (χ1n) is 3.81. The molecule has 13 heavy (non-hydrogen) atoms. The van der Waals surface area contributed by atoms with E-state index in [0.717, 1.165) is 5.56 Å². The van der Waals surface area contributed by atoms with Gasteiger partial charge >= 0.3 is 6.09 Å². The second-order valence-corrected chi connectivity index (χ2v) is 3.70. The van der Waals surface area contributed by atoms with Gasteiger partial charge in [-0.15, -0.1) is 0 Å². The Hall–Kier alpha value is -0.780. The molecule has 0 bridgehead atoms. The van der Waals surface area contributed by atoms with Crippen LogP contribution in [0.1, 0.15) is 5.56 Å². The largest absolute Gasteiger partial charge is 0.445 e. The van der Waals surface area contributed by atoms with Crippen molar-refractivity contribution >= 4 is 28.7 Å². The number of halogens is 1. The quantitative estimate of drug-likeness (QED) is 0.848. The van der Waals surface area contributed by atoms with Crippen LogP contribution in [0.25, 0.3) is 0 Å². The molecule has 0 spiro atoms. The number of carbonyl (C=O) groups is 1. The molecule has 4 heteroatoms. The number of amides is 1. The Labute approximate surface area is 90.6 Å². The number of alkyl carbamates (subject to hydrolysis) is 1. The van der Waals surface area contributed by atoms with Gasteiger partial charge in [-0.3, -0.25) is 0 Å². The molecule has 70 valence electrons. The Kier molecular flexibility index (Phi) is 4.01. The van der Waals surface area contributed by atoms with Gasteiger partial charge in [-0.2, -0.15) is 0 Å². The third kappa shape index (κ3) is 3.63. The first kappa shape index (κ1) is 10.3. The van der Waals surface area contributed by atoms with Gasteiger partial charge in [0, 0.05) is 10.6 Å². The van der Waals surface area contributed by atoms with Crippen LogP contribution in [0.3, 0.4) is 0 Å². The average molecular weight is 291 g/mol. The van der Waals surface area contributed by atoms with Crippen molar-refractivity contribution in [2.24, 2.45) is 0 Å². The van der Waals surface area contributed by atoms with E-state index in [1.54, 1.807) is 0 Å². The smallest absolute Gasteiger partial charge is 0.407 e. The standard InChI is InChI=1S/C9H10INO2/c1-11-9(12)13-6-7-2-4-8(10)5-3-7/h2-5H,6H2,1H3,(H,11,12). The van der Waals surface area contributed by atoms with Gasteiger partial charge in [0.1, 0.15) is 6.61 Å². The Bertz CT molecular complexity index is 284. The maximum Gasteiger partial charge on any atom is 0.407 e. The third-order valence-corrected chi connectivity index (χ3v) is 2.21. The molecular formula is C9H10INO2. The van der Waals surface area contributed by atoms with Gasteiger partial charge < -0.3 is 10.1 Å². The molecule has 0 unspecified atom stereocenters. The maximum atomic E-state index is 10.7. The lowest BCUT2D eigenvalue weighted by Crippen LogP contribution is -2.18. The normalized spacial score (nSPS) is 9.38. The van der Waals surface area contributed by atoms with Crippen LogP contribution >= 0.6 is 22.6 Å². The molecule has 0 aliphatic carbocycles. The molecule has 1 N–H and O–H groups in total. The van der Waals surface area contributed by atoms with Gasteiger partial charge in [0.05, 0.1) is 0 Å². The number of hydrogen-bond donors (Lipinski definition) is 1. The van der Waals surface area contributed by atoms with Crippen LogP contribution in [-0.4, -0.2) is 13.1 Å². The van der Waals surface area contributed by atoms with Crippen LogP contribution in [0.15, 0.2) is 24.3 Å². The molecule has 0 fully saturated rings. The second kappa shape index (κ2) is 5.06. The summed E-state index contributed by atoms with van der Waals surface area (Å²) in [6, 6.07) is 7.82. The van der Waals surface area contributed by atoms with Gasteiger partial charge in [0.15, 0.2) is 0 Å². The Morgan fingerprint density at radius 3 is 2.62 bits per heavy atom. The van der Waals surface area contributed by atoms with Crippen molar-refractivity contribution < 1.29 is 9.53 Å². The monoisotopic (exact) mass is 291 g/mol. The highest BCUT2D eigenvalue weighted by Gasteiger charge is 1.98. The molecule has 0 atom stereocenters. The van der Waals surface area contributed by atoms with Crippen molar-refractivity contribution in [3.8, 4) is 0 Å². The predicted molar refractivity (Wildman–Crippen MR) is 58.4 cm³/mol. The van der Waals surface area contributed by atoms with Gasteiger partial charge in [0.25, 0.3) is 0 Å². The van der Waals surface area contributed by atoms with E-state index in [1.807, 2.05) is 24.3 Å². The Balaban J connectivity index is 2.46. The zero-order valence-electron chi connectivity index (χ0n) is 7.21. The van der Waals surface area contributed by atoms with Crippen molar-refractivity contribution in [3.05, 3.63) is 33.4 Å². The minimum atomic E-state index is -0.404. The summed E-state index contributed by atoms with van der Waals surface area (Å²) in [4.78, 5) is 10.7. The number of hydrogen-bond acceptors (Lipinski definition) is 2. The van der Waals surface area contributed by atoms with Crippen LogP contribution in [0, 0.1) is 3.57 Å². The molecule has 3 nitrogen and oxygen atoms in total. The summed E-state index contributed by atoms with van der Waals surface area (Å²) in [6.07, 6.45) is -0.404. The lowest BCUT2D eigenvalue weighted by Gasteiger charge is -2.03. The van der Waals surface area contributed by atoms with E-state index in [4.69, 9.17) is 4.74 Å². The fraction of sp³-hybridized carbons (Fsp3) is 0.222. The summed E-state index contributed by atoms with van der Waals surface area (Å²) in [6.45, 7) is 0.316. The number of rotatable bonds is 2. The number of carbonyl (C=O) groups excluding carboxylic acids is 1. The summed E-state index contributed by atoms with van der Waals surface area (Å²) in [5.74, 6) is 0. The minimum absolute atomic E-state index is 0.316. The molecule has 0 aliphatic rings. The summed E-state index contributed by atoms with van der Waals surface area (Å²) in [5, 5.41) is 2.38. The van der Waals surface area contributed by atoms with Gasteiger partial charge in [-0.1, -0.05) is 12.1 Å². The van der Waals surface area contributed by atoms with E-state index in [1.165, 1.54) is 10.6 Å². The highest BCUT2D eigenvalue weighted by atomic mass is 127. The lowest BCUT2D eigenvalue weighted by molar-refractivity contribution is 0.142. The fourth-order valence-electron chi connectivity index (χ4n) is 0.802. The van der Waals surface area contributed by atoms with E-state index in [9.17, 15) is 4.79 Å². The molecule has 0 radical (unpaired) electrons. The van der Waals surface area contributed by atoms with Crippen LogP contribution < -0.4 is 5.32 Å².